The molecule has 0 aliphatic carbocycles. The predicted molar refractivity (Wildman–Crippen MR) is 108 cm³/mol. The zero-order valence-electron chi connectivity index (χ0n) is 15.1. The molecule has 2 unspecified atom stereocenters. The van der Waals surface area contributed by atoms with E-state index >= 15 is 0 Å². The normalized spacial score (nSPS) is 18.3. The minimum absolute atomic E-state index is 0.205. The number of rotatable bonds is 3. The van der Waals surface area contributed by atoms with Crippen LogP contribution < -0.4 is 10.7 Å². The van der Waals surface area contributed by atoms with Crippen LogP contribution in [0.2, 0.25) is 5.02 Å². The van der Waals surface area contributed by atoms with Gasteiger partial charge in [-0.25, -0.2) is 9.07 Å². The Balaban J connectivity index is 1.68. The monoisotopic (exact) mass is 417 g/mol. The van der Waals surface area contributed by atoms with Crippen LogP contribution in [0.15, 0.2) is 47.6 Å². The molecular weight excluding hydrogens is 401 g/mol. The zero-order chi connectivity index (χ0) is 19.8. The average molecular weight is 418 g/mol. The highest BCUT2D eigenvalue weighted by Crippen LogP contribution is 2.37. The van der Waals surface area contributed by atoms with Crippen LogP contribution in [-0.4, -0.2) is 26.0 Å². The van der Waals surface area contributed by atoms with Crippen molar-refractivity contribution in [2.75, 3.05) is 10.7 Å². The molecule has 0 saturated carbocycles. The van der Waals surface area contributed by atoms with Crippen LogP contribution in [0, 0.1) is 19.7 Å². The quantitative estimate of drug-likeness (QED) is 0.671. The van der Waals surface area contributed by atoms with E-state index in [1.165, 1.54) is 23.9 Å². The third-order valence-corrected chi connectivity index (χ3v) is 5.99. The Labute approximate surface area is 170 Å². The molecule has 0 saturated heterocycles. The molecular formula is C19H17ClFN5OS. The van der Waals surface area contributed by atoms with Gasteiger partial charge in [0.2, 0.25) is 11.1 Å². The Bertz CT molecular complexity index is 1040. The lowest BCUT2D eigenvalue weighted by atomic mass is 10.0. The molecule has 0 spiro atoms. The molecule has 3 aromatic rings. The van der Waals surface area contributed by atoms with Crippen LogP contribution in [0.3, 0.4) is 0 Å². The fourth-order valence-corrected chi connectivity index (χ4v) is 4.31. The van der Waals surface area contributed by atoms with Gasteiger partial charge in [-0.1, -0.05) is 41.6 Å². The Hall–Kier alpha value is -2.58. The summed E-state index contributed by atoms with van der Waals surface area (Å²) in [7, 11) is 0. The maximum atomic E-state index is 13.4. The average Bonchev–Trinajstić information content (AvgIpc) is 3.04. The third-order valence-electron chi connectivity index (χ3n) is 4.54. The number of nitrogens with zero attached hydrogens (tertiary/aromatic N) is 3. The Morgan fingerprint density at radius 1 is 1.21 bits per heavy atom. The standard InChI is InChI=1S/C19H17ClFN5OS/c1-10-3-6-13(20)9-15(10)22-18(27)17-16(12-4-7-14(21)8-5-12)25-26-11(2)23-24-19(26)28-17/h3-9,16-17,25H,1-2H3,(H,22,27). The van der Waals surface area contributed by atoms with Gasteiger partial charge in [-0.2, -0.15) is 0 Å². The van der Waals surface area contributed by atoms with E-state index in [2.05, 4.69) is 20.9 Å². The lowest BCUT2D eigenvalue weighted by molar-refractivity contribution is -0.116. The molecule has 2 heterocycles. The number of aryl methyl sites for hydroxylation is 2. The number of amides is 1. The molecule has 1 aliphatic rings. The molecule has 144 valence electrons. The molecule has 9 heteroatoms. The Morgan fingerprint density at radius 2 is 1.96 bits per heavy atom. The molecule has 1 aliphatic heterocycles. The number of fused-ring (bicyclic) bond motifs is 1. The first-order valence-corrected chi connectivity index (χ1v) is 9.86. The van der Waals surface area contributed by atoms with E-state index in [-0.39, 0.29) is 11.7 Å². The number of aromatic nitrogens is 3. The summed E-state index contributed by atoms with van der Waals surface area (Å²) in [5.41, 5.74) is 5.63. The van der Waals surface area contributed by atoms with Crippen molar-refractivity contribution in [3.63, 3.8) is 0 Å². The Kier molecular flexibility index (Phi) is 4.99. The number of thioether (sulfide) groups is 1. The molecule has 2 N–H and O–H groups in total. The van der Waals surface area contributed by atoms with E-state index in [9.17, 15) is 9.18 Å². The molecule has 28 heavy (non-hydrogen) atoms. The largest absolute Gasteiger partial charge is 0.325 e. The van der Waals surface area contributed by atoms with Gasteiger partial charge >= 0.3 is 0 Å². The highest BCUT2D eigenvalue weighted by molar-refractivity contribution is 8.00. The summed E-state index contributed by atoms with van der Waals surface area (Å²) in [4.78, 5) is 13.2. The molecule has 1 aromatic heterocycles. The fraction of sp³-hybridized carbons (Fsp3) is 0.211. The molecule has 6 nitrogen and oxygen atoms in total. The lowest BCUT2D eigenvalue weighted by Gasteiger charge is -2.32. The number of nitrogens with one attached hydrogen (secondary N) is 2. The van der Waals surface area contributed by atoms with E-state index in [0.29, 0.717) is 21.7 Å². The van der Waals surface area contributed by atoms with Gasteiger partial charge in [-0.15, -0.1) is 10.2 Å². The number of carbonyl (C=O) groups excluding carboxylic acids is 1. The lowest BCUT2D eigenvalue weighted by Crippen LogP contribution is -2.41. The van der Waals surface area contributed by atoms with Gasteiger partial charge in [0.15, 0.2) is 0 Å². The summed E-state index contributed by atoms with van der Waals surface area (Å²) in [6.07, 6.45) is 0. The SMILES string of the molecule is Cc1ccc(Cl)cc1NC(=O)C1Sc2nnc(C)n2NC1c1ccc(F)cc1. The maximum Gasteiger partial charge on any atom is 0.240 e. The number of anilines is 1. The van der Waals surface area contributed by atoms with Crippen molar-refractivity contribution in [2.45, 2.75) is 30.3 Å². The van der Waals surface area contributed by atoms with Gasteiger partial charge in [0.1, 0.15) is 16.9 Å². The van der Waals surface area contributed by atoms with Crippen LogP contribution >= 0.6 is 23.4 Å². The van der Waals surface area contributed by atoms with Crippen LogP contribution in [0.5, 0.6) is 0 Å². The first-order chi connectivity index (χ1) is 13.4. The van der Waals surface area contributed by atoms with E-state index in [1.807, 2.05) is 19.9 Å². The number of hydrogen-bond acceptors (Lipinski definition) is 5. The minimum Gasteiger partial charge on any atom is -0.325 e. The second-order valence-electron chi connectivity index (χ2n) is 6.51. The molecule has 0 bridgehead atoms. The van der Waals surface area contributed by atoms with Crippen molar-refractivity contribution in [1.29, 1.82) is 0 Å². The fourth-order valence-electron chi connectivity index (χ4n) is 3.01. The highest BCUT2D eigenvalue weighted by atomic mass is 35.5. The summed E-state index contributed by atoms with van der Waals surface area (Å²) < 4.78 is 15.1. The van der Waals surface area contributed by atoms with Crippen molar-refractivity contribution in [2.24, 2.45) is 0 Å². The van der Waals surface area contributed by atoms with Crippen LogP contribution in [0.4, 0.5) is 10.1 Å². The van der Waals surface area contributed by atoms with Crippen molar-refractivity contribution in [3.05, 3.63) is 70.3 Å². The summed E-state index contributed by atoms with van der Waals surface area (Å²) in [5.74, 6) is 0.146. The number of carbonyl (C=O) groups is 1. The van der Waals surface area contributed by atoms with Crippen LogP contribution in [-0.2, 0) is 4.79 Å². The summed E-state index contributed by atoms with van der Waals surface area (Å²) in [6.45, 7) is 3.72. The van der Waals surface area contributed by atoms with Crippen molar-refractivity contribution in [1.82, 2.24) is 14.9 Å². The van der Waals surface area contributed by atoms with Gasteiger partial charge in [-0.05, 0) is 49.2 Å². The van der Waals surface area contributed by atoms with Crippen molar-refractivity contribution in [3.8, 4) is 0 Å². The first kappa shape index (κ1) is 18.8. The second-order valence-corrected chi connectivity index (χ2v) is 8.06. The maximum absolute atomic E-state index is 13.4. The van der Waals surface area contributed by atoms with Gasteiger partial charge in [0.25, 0.3) is 0 Å². The number of halogens is 2. The third kappa shape index (κ3) is 3.57. The summed E-state index contributed by atoms with van der Waals surface area (Å²) in [6, 6.07) is 11.0. The topological polar surface area (TPSA) is 71.8 Å². The molecule has 0 fully saturated rings. The molecule has 0 radical (unpaired) electrons. The molecule has 1 amide bonds. The van der Waals surface area contributed by atoms with E-state index in [0.717, 1.165) is 11.1 Å². The van der Waals surface area contributed by atoms with E-state index in [4.69, 9.17) is 11.6 Å². The number of hydrogen-bond donors (Lipinski definition) is 2. The first-order valence-electron chi connectivity index (χ1n) is 8.60. The zero-order valence-corrected chi connectivity index (χ0v) is 16.7. The van der Waals surface area contributed by atoms with Crippen LogP contribution in [0.25, 0.3) is 0 Å². The predicted octanol–water partition coefficient (Wildman–Crippen LogP) is 4.09. The van der Waals surface area contributed by atoms with Gasteiger partial charge in [-0.3, -0.25) is 4.79 Å². The molecule has 2 atom stereocenters. The highest BCUT2D eigenvalue weighted by Gasteiger charge is 2.37. The van der Waals surface area contributed by atoms with E-state index in [1.54, 1.807) is 28.9 Å². The molecule has 4 rings (SSSR count). The van der Waals surface area contributed by atoms with Gasteiger partial charge in [0, 0.05) is 10.7 Å². The van der Waals surface area contributed by atoms with Crippen molar-refractivity contribution < 1.29 is 9.18 Å². The smallest absolute Gasteiger partial charge is 0.240 e. The van der Waals surface area contributed by atoms with Gasteiger partial charge in [0.05, 0.1) is 6.04 Å². The van der Waals surface area contributed by atoms with Crippen LogP contribution in [0.1, 0.15) is 23.0 Å². The Morgan fingerprint density at radius 3 is 2.71 bits per heavy atom. The second kappa shape index (κ2) is 7.44. The summed E-state index contributed by atoms with van der Waals surface area (Å²) in [5, 5.41) is 11.7. The minimum atomic E-state index is -0.542. The van der Waals surface area contributed by atoms with E-state index < -0.39 is 11.3 Å². The van der Waals surface area contributed by atoms with Gasteiger partial charge < -0.3 is 10.7 Å². The number of benzene rings is 2. The molecule has 2 aromatic carbocycles. The summed E-state index contributed by atoms with van der Waals surface area (Å²) >= 11 is 7.38. The van der Waals surface area contributed by atoms with Crippen molar-refractivity contribution >= 4 is 35.0 Å².